The number of aromatic nitrogens is 4. The van der Waals surface area contributed by atoms with E-state index in [1.165, 1.54) is 19.4 Å². The van der Waals surface area contributed by atoms with Crippen LogP contribution in [0.3, 0.4) is 0 Å². The number of pyridine rings is 2. The van der Waals surface area contributed by atoms with Gasteiger partial charge in [0.2, 0.25) is 5.82 Å². The summed E-state index contributed by atoms with van der Waals surface area (Å²) in [6.45, 7) is 0.127. The van der Waals surface area contributed by atoms with E-state index in [-0.39, 0.29) is 12.4 Å². The molecule has 0 aliphatic heterocycles. The molecular formula is C15H11F3N4O3. The second-order valence-corrected chi connectivity index (χ2v) is 4.76. The molecule has 0 radical (unpaired) electrons. The van der Waals surface area contributed by atoms with Gasteiger partial charge in [-0.2, -0.15) is 18.2 Å². The first-order valence-electron chi connectivity index (χ1n) is 6.95. The van der Waals surface area contributed by atoms with E-state index in [0.29, 0.717) is 22.9 Å². The lowest BCUT2D eigenvalue weighted by Crippen LogP contribution is -2.04. The quantitative estimate of drug-likeness (QED) is 0.697. The highest BCUT2D eigenvalue weighted by molar-refractivity contribution is 5.52. The summed E-state index contributed by atoms with van der Waals surface area (Å²) in [5.41, 5.74) is 0.844. The number of halogens is 3. The Bertz CT molecular complexity index is 850. The van der Waals surface area contributed by atoms with Crippen LogP contribution in [0, 0.1) is 0 Å². The maximum absolute atomic E-state index is 12.5. The van der Waals surface area contributed by atoms with Crippen LogP contribution in [-0.4, -0.2) is 27.2 Å². The van der Waals surface area contributed by atoms with Crippen LogP contribution >= 0.6 is 0 Å². The molecule has 3 aromatic rings. The van der Waals surface area contributed by atoms with Crippen molar-refractivity contribution in [3.8, 4) is 23.0 Å². The van der Waals surface area contributed by atoms with Gasteiger partial charge in [-0.25, -0.2) is 4.98 Å². The van der Waals surface area contributed by atoms with Crippen LogP contribution in [0.1, 0.15) is 11.6 Å². The molecule has 0 N–H and O–H groups in total. The van der Waals surface area contributed by atoms with Gasteiger partial charge in [0.25, 0.3) is 5.88 Å². The normalized spacial score (nSPS) is 11.4. The highest BCUT2D eigenvalue weighted by Gasteiger charge is 2.38. The molecule has 130 valence electrons. The van der Waals surface area contributed by atoms with E-state index >= 15 is 0 Å². The van der Waals surface area contributed by atoms with E-state index in [4.69, 9.17) is 9.47 Å². The van der Waals surface area contributed by atoms with Gasteiger partial charge in [0.15, 0.2) is 5.75 Å². The molecule has 0 saturated carbocycles. The zero-order valence-electron chi connectivity index (χ0n) is 12.8. The molecule has 0 unspecified atom stereocenters. The van der Waals surface area contributed by atoms with Crippen molar-refractivity contribution in [2.45, 2.75) is 12.8 Å². The lowest BCUT2D eigenvalue weighted by atomic mass is 10.2. The summed E-state index contributed by atoms with van der Waals surface area (Å²) in [5, 5.41) is 3.30. The molecule has 0 aliphatic carbocycles. The van der Waals surface area contributed by atoms with Crippen molar-refractivity contribution < 1.29 is 27.2 Å². The number of nitrogens with zero attached hydrogens (tertiary/aromatic N) is 4. The van der Waals surface area contributed by atoms with Crippen molar-refractivity contribution >= 4 is 0 Å². The van der Waals surface area contributed by atoms with Crippen LogP contribution in [0.2, 0.25) is 0 Å². The van der Waals surface area contributed by atoms with E-state index in [1.54, 1.807) is 24.4 Å². The molecular weight excluding hydrogens is 341 g/mol. The Balaban J connectivity index is 1.69. The largest absolute Gasteiger partial charge is 0.482 e. The van der Waals surface area contributed by atoms with Crippen LogP contribution < -0.4 is 9.47 Å². The molecule has 3 rings (SSSR count). The number of methoxy groups -OCH3 is 1. The van der Waals surface area contributed by atoms with Gasteiger partial charge >= 0.3 is 12.1 Å². The highest BCUT2D eigenvalue weighted by atomic mass is 19.4. The molecule has 0 fully saturated rings. The van der Waals surface area contributed by atoms with Crippen molar-refractivity contribution in [1.29, 1.82) is 0 Å². The van der Waals surface area contributed by atoms with Crippen molar-refractivity contribution in [3.05, 3.63) is 48.2 Å². The smallest absolute Gasteiger partial charge is 0.471 e. The predicted octanol–water partition coefficient (Wildman–Crippen LogP) is 3.13. The molecule has 3 aromatic heterocycles. The summed E-state index contributed by atoms with van der Waals surface area (Å²) in [6.07, 6.45) is -1.78. The fourth-order valence-corrected chi connectivity index (χ4v) is 1.89. The zero-order valence-corrected chi connectivity index (χ0v) is 12.8. The summed E-state index contributed by atoms with van der Waals surface area (Å²) in [5.74, 6) is -0.811. The van der Waals surface area contributed by atoms with Crippen LogP contribution in [-0.2, 0) is 12.8 Å². The van der Waals surface area contributed by atoms with Crippen molar-refractivity contribution in [2.75, 3.05) is 7.11 Å². The molecule has 25 heavy (non-hydrogen) atoms. The summed E-state index contributed by atoms with van der Waals surface area (Å²) < 4.78 is 52.2. The summed E-state index contributed by atoms with van der Waals surface area (Å²) >= 11 is 0. The monoisotopic (exact) mass is 352 g/mol. The maximum Gasteiger partial charge on any atom is 0.471 e. The van der Waals surface area contributed by atoms with Crippen LogP contribution in [0.5, 0.6) is 11.6 Å². The Morgan fingerprint density at radius 1 is 1.16 bits per heavy atom. The zero-order chi connectivity index (χ0) is 17.9. The molecule has 10 heteroatoms. The second kappa shape index (κ2) is 6.75. The predicted molar refractivity (Wildman–Crippen MR) is 77.7 cm³/mol. The number of hydrogen-bond donors (Lipinski definition) is 0. The number of rotatable bonds is 5. The summed E-state index contributed by atoms with van der Waals surface area (Å²) in [6, 6.07) is 6.50. The second-order valence-electron chi connectivity index (χ2n) is 4.76. The first-order valence-corrected chi connectivity index (χ1v) is 6.95. The van der Waals surface area contributed by atoms with Gasteiger partial charge in [0.1, 0.15) is 6.61 Å². The van der Waals surface area contributed by atoms with Crippen molar-refractivity contribution in [2.24, 2.45) is 0 Å². The van der Waals surface area contributed by atoms with Crippen LogP contribution in [0.15, 0.2) is 41.2 Å². The number of alkyl halides is 3. The number of hydrogen-bond acceptors (Lipinski definition) is 7. The molecule has 0 amide bonds. The number of ether oxygens (including phenoxy) is 2. The molecule has 0 bridgehead atoms. The SMILES string of the molecule is COc1ncccc1OCc1ccc(-c2noc(C(F)(F)F)n2)cn1. The lowest BCUT2D eigenvalue weighted by molar-refractivity contribution is -0.159. The molecule has 3 heterocycles. The third-order valence-corrected chi connectivity index (χ3v) is 3.06. The van der Waals surface area contributed by atoms with E-state index in [0.717, 1.165) is 0 Å². The van der Waals surface area contributed by atoms with Gasteiger partial charge in [-0.1, -0.05) is 5.16 Å². The average Bonchev–Trinajstić information content (AvgIpc) is 3.11. The molecule has 0 atom stereocenters. The maximum atomic E-state index is 12.5. The Kier molecular flexibility index (Phi) is 4.50. The lowest BCUT2D eigenvalue weighted by Gasteiger charge is -2.08. The molecule has 0 aliphatic rings. The van der Waals surface area contributed by atoms with Crippen molar-refractivity contribution in [1.82, 2.24) is 20.1 Å². The van der Waals surface area contributed by atoms with Crippen molar-refractivity contribution in [3.63, 3.8) is 0 Å². The first kappa shape index (κ1) is 16.7. The average molecular weight is 352 g/mol. The van der Waals surface area contributed by atoms with E-state index < -0.39 is 12.1 Å². The summed E-state index contributed by atoms with van der Waals surface area (Å²) in [7, 11) is 1.47. The van der Waals surface area contributed by atoms with Gasteiger partial charge in [-0.05, 0) is 24.3 Å². The summed E-state index contributed by atoms with van der Waals surface area (Å²) in [4.78, 5) is 11.4. The van der Waals surface area contributed by atoms with Crippen LogP contribution in [0.25, 0.3) is 11.4 Å². The van der Waals surface area contributed by atoms with E-state index in [9.17, 15) is 13.2 Å². The third kappa shape index (κ3) is 3.84. The van der Waals surface area contributed by atoms with Gasteiger partial charge in [0.05, 0.1) is 12.8 Å². The van der Waals surface area contributed by atoms with Crippen LogP contribution in [0.4, 0.5) is 13.2 Å². The van der Waals surface area contributed by atoms with Gasteiger partial charge in [0, 0.05) is 18.0 Å². The minimum atomic E-state index is -4.69. The fourth-order valence-electron chi connectivity index (χ4n) is 1.89. The van der Waals surface area contributed by atoms with Gasteiger partial charge in [-0.15, -0.1) is 0 Å². The van der Waals surface area contributed by atoms with E-state index in [2.05, 4.69) is 24.6 Å². The minimum absolute atomic E-state index is 0.127. The van der Waals surface area contributed by atoms with E-state index in [1.807, 2.05) is 0 Å². The minimum Gasteiger partial charge on any atom is -0.482 e. The molecule has 0 saturated heterocycles. The van der Waals surface area contributed by atoms with Gasteiger partial charge < -0.3 is 14.0 Å². The molecule has 7 nitrogen and oxygen atoms in total. The van der Waals surface area contributed by atoms with Gasteiger partial charge in [-0.3, -0.25) is 4.98 Å². The molecule has 0 spiro atoms. The first-order chi connectivity index (χ1) is 12.0. The Morgan fingerprint density at radius 3 is 2.64 bits per heavy atom. The topological polar surface area (TPSA) is 83.2 Å². The fraction of sp³-hybridized carbons (Fsp3) is 0.200. The molecule has 0 aromatic carbocycles. The standard InChI is InChI=1S/C15H11F3N4O3/c1-23-13-11(3-2-6-19-13)24-8-10-5-4-9(7-20-10)12-21-14(25-22-12)15(16,17)18/h2-7H,8H2,1H3. The Labute approximate surface area is 139 Å². The third-order valence-electron chi connectivity index (χ3n) is 3.06. The highest BCUT2D eigenvalue weighted by Crippen LogP contribution is 2.29. The Hall–Kier alpha value is -3.17. The Morgan fingerprint density at radius 2 is 2.00 bits per heavy atom.